The van der Waals surface area contributed by atoms with Gasteiger partial charge >= 0.3 is 0 Å². The van der Waals surface area contributed by atoms with Crippen molar-refractivity contribution in [2.45, 2.75) is 0 Å². The van der Waals surface area contributed by atoms with E-state index in [0.717, 1.165) is 0 Å². The molecule has 3 rings (SSSR count). The van der Waals surface area contributed by atoms with E-state index >= 15 is 0 Å². The molecule has 0 bridgehead atoms. The van der Waals surface area contributed by atoms with Crippen LogP contribution in [0.5, 0.6) is 11.5 Å². The van der Waals surface area contributed by atoms with Crippen LogP contribution >= 0.6 is 0 Å². The number of nitrogens with zero attached hydrogens (tertiary/aromatic N) is 3. The molecular formula is C20H21N3O6. The Morgan fingerprint density at radius 1 is 1.14 bits per heavy atom. The minimum atomic E-state index is -0.498. The number of nitro benzene ring substituents is 1. The monoisotopic (exact) mass is 399 g/mol. The smallest absolute Gasteiger partial charge is 0.293 e. The zero-order valence-corrected chi connectivity index (χ0v) is 15.9. The Morgan fingerprint density at radius 3 is 2.52 bits per heavy atom. The van der Waals surface area contributed by atoms with Crippen LogP contribution in [0, 0.1) is 10.1 Å². The molecule has 152 valence electrons. The molecule has 9 nitrogen and oxygen atoms in total. The number of nitro groups is 1. The Labute approximate surface area is 167 Å². The van der Waals surface area contributed by atoms with Gasteiger partial charge in [0.05, 0.1) is 12.0 Å². The lowest BCUT2D eigenvalue weighted by Gasteiger charge is -2.35. The van der Waals surface area contributed by atoms with Crippen LogP contribution in [-0.4, -0.2) is 61.9 Å². The molecule has 0 N–H and O–H groups in total. The first-order valence-corrected chi connectivity index (χ1v) is 9.05. The lowest BCUT2D eigenvalue weighted by molar-refractivity contribution is -0.384. The molecule has 0 saturated carbocycles. The van der Waals surface area contributed by atoms with Crippen molar-refractivity contribution in [3.8, 4) is 11.5 Å². The van der Waals surface area contributed by atoms with Gasteiger partial charge < -0.3 is 19.3 Å². The fraction of sp³-hybridized carbons (Fsp3) is 0.300. The first-order valence-electron chi connectivity index (χ1n) is 9.05. The number of methoxy groups -OCH3 is 1. The van der Waals surface area contributed by atoms with Crippen molar-refractivity contribution in [2.75, 3.05) is 44.8 Å². The summed E-state index contributed by atoms with van der Waals surface area (Å²) in [7, 11) is 1.56. The van der Waals surface area contributed by atoms with Crippen LogP contribution in [0.2, 0.25) is 0 Å². The molecule has 1 fully saturated rings. The normalized spacial score (nSPS) is 13.7. The third-order valence-electron chi connectivity index (χ3n) is 4.71. The Morgan fingerprint density at radius 2 is 1.86 bits per heavy atom. The molecule has 29 heavy (non-hydrogen) atoms. The molecule has 2 aromatic carbocycles. The van der Waals surface area contributed by atoms with Crippen molar-refractivity contribution in [3.63, 3.8) is 0 Å². The zero-order valence-electron chi connectivity index (χ0n) is 15.9. The number of carbonyl (C=O) groups is 2. The summed E-state index contributed by atoms with van der Waals surface area (Å²) in [5.74, 6) is 1.03. The van der Waals surface area contributed by atoms with Gasteiger partial charge in [-0.15, -0.1) is 0 Å². The van der Waals surface area contributed by atoms with Crippen LogP contribution in [-0.2, 0) is 4.79 Å². The number of anilines is 1. The van der Waals surface area contributed by atoms with E-state index in [1.807, 2.05) is 4.90 Å². The van der Waals surface area contributed by atoms with Crippen LogP contribution in [0.15, 0.2) is 42.5 Å². The highest BCUT2D eigenvalue weighted by atomic mass is 16.6. The average molecular weight is 399 g/mol. The topological polar surface area (TPSA) is 102 Å². The lowest BCUT2D eigenvalue weighted by atomic mass is 10.1. The molecule has 1 aliphatic heterocycles. The largest absolute Gasteiger partial charge is 0.497 e. The van der Waals surface area contributed by atoms with E-state index in [1.165, 1.54) is 6.07 Å². The molecule has 2 aromatic rings. The second kappa shape index (κ2) is 9.05. The molecule has 1 heterocycles. The minimum Gasteiger partial charge on any atom is -0.497 e. The number of amides is 1. The number of benzene rings is 2. The van der Waals surface area contributed by atoms with Gasteiger partial charge in [0.25, 0.3) is 11.6 Å². The van der Waals surface area contributed by atoms with Gasteiger partial charge in [-0.05, 0) is 24.3 Å². The number of ether oxygens (including phenoxy) is 2. The summed E-state index contributed by atoms with van der Waals surface area (Å²) < 4.78 is 10.7. The zero-order chi connectivity index (χ0) is 20.8. The van der Waals surface area contributed by atoms with E-state index in [-0.39, 0.29) is 23.8 Å². The van der Waals surface area contributed by atoms with Gasteiger partial charge in [-0.1, -0.05) is 6.07 Å². The summed E-state index contributed by atoms with van der Waals surface area (Å²) >= 11 is 0. The number of rotatable bonds is 7. The fourth-order valence-electron chi connectivity index (χ4n) is 3.15. The van der Waals surface area contributed by atoms with Crippen molar-refractivity contribution in [1.82, 2.24) is 4.90 Å². The number of aldehydes is 1. The van der Waals surface area contributed by atoms with Crippen LogP contribution in [0.3, 0.4) is 0 Å². The maximum atomic E-state index is 12.4. The van der Waals surface area contributed by atoms with Crippen molar-refractivity contribution < 1.29 is 24.0 Å². The van der Waals surface area contributed by atoms with Gasteiger partial charge in [-0.3, -0.25) is 19.7 Å². The predicted octanol–water partition coefficient (Wildman–Crippen LogP) is 2.14. The standard InChI is InChI=1S/C20H21N3O6/c1-28-16-3-2-4-17(12-16)29-14-20(25)22-9-7-21(8-10-22)18-6-5-15(13-24)11-19(18)23(26)27/h2-6,11-13H,7-10,14H2,1H3. The summed E-state index contributed by atoms with van der Waals surface area (Å²) in [5, 5.41) is 11.3. The van der Waals surface area contributed by atoms with E-state index in [1.54, 1.807) is 48.4 Å². The predicted molar refractivity (Wildman–Crippen MR) is 106 cm³/mol. The molecular weight excluding hydrogens is 378 g/mol. The van der Waals surface area contributed by atoms with Crippen LogP contribution in [0.1, 0.15) is 10.4 Å². The molecule has 0 aliphatic carbocycles. The molecule has 0 unspecified atom stereocenters. The maximum absolute atomic E-state index is 12.4. The van der Waals surface area contributed by atoms with E-state index < -0.39 is 4.92 Å². The number of hydrogen-bond acceptors (Lipinski definition) is 7. The highest BCUT2D eigenvalue weighted by Crippen LogP contribution is 2.29. The van der Waals surface area contributed by atoms with E-state index in [9.17, 15) is 19.7 Å². The Kier molecular flexibility index (Phi) is 6.28. The number of carbonyl (C=O) groups excluding carboxylic acids is 2. The number of piperazine rings is 1. The molecule has 0 aromatic heterocycles. The lowest BCUT2D eigenvalue weighted by Crippen LogP contribution is -2.50. The summed E-state index contributed by atoms with van der Waals surface area (Å²) in [6.07, 6.45) is 0.579. The van der Waals surface area contributed by atoms with Crippen molar-refractivity contribution in [3.05, 3.63) is 58.1 Å². The summed E-state index contributed by atoms with van der Waals surface area (Å²) in [4.78, 5) is 37.7. The molecule has 9 heteroatoms. The second-order valence-electron chi connectivity index (χ2n) is 6.46. The van der Waals surface area contributed by atoms with Crippen LogP contribution in [0.25, 0.3) is 0 Å². The van der Waals surface area contributed by atoms with Gasteiger partial charge in [0.1, 0.15) is 23.5 Å². The highest BCUT2D eigenvalue weighted by Gasteiger charge is 2.26. The fourth-order valence-corrected chi connectivity index (χ4v) is 3.15. The van der Waals surface area contributed by atoms with E-state index in [4.69, 9.17) is 9.47 Å². The molecule has 1 amide bonds. The van der Waals surface area contributed by atoms with Crippen molar-refractivity contribution >= 4 is 23.6 Å². The van der Waals surface area contributed by atoms with Gasteiger partial charge in [-0.25, -0.2) is 0 Å². The van der Waals surface area contributed by atoms with Gasteiger partial charge in [0.15, 0.2) is 6.61 Å². The molecule has 0 spiro atoms. The Hall–Kier alpha value is -3.62. The Bertz CT molecular complexity index is 909. The molecule has 1 saturated heterocycles. The maximum Gasteiger partial charge on any atom is 0.293 e. The third kappa shape index (κ3) is 4.81. The van der Waals surface area contributed by atoms with Crippen molar-refractivity contribution in [2.24, 2.45) is 0 Å². The Balaban J connectivity index is 1.58. The van der Waals surface area contributed by atoms with E-state index in [0.29, 0.717) is 49.7 Å². The van der Waals surface area contributed by atoms with Crippen LogP contribution in [0.4, 0.5) is 11.4 Å². The summed E-state index contributed by atoms with van der Waals surface area (Å²) in [6.45, 7) is 1.65. The first-order chi connectivity index (χ1) is 14.0. The van der Waals surface area contributed by atoms with Gasteiger partial charge in [0, 0.05) is 43.9 Å². The second-order valence-corrected chi connectivity index (χ2v) is 6.46. The summed E-state index contributed by atoms with van der Waals surface area (Å²) in [6, 6.07) is 11.4. The minimum absolute atomic E-state index is 0.0959. The third-order valence-corrected chi connectivity index (χ3v) is 4.71. The average Bonchev–Trinajstić information content (AvgIpc) is 2.77. The molecule has 1 aliphatic rings. The van der Waals surface area contributed by atoms with Gasteiger partial charge in [-0.2, -0.15) is 0 Å². The van der Waals surface area contributed by atoms with Crippen LogP contribution < -0.4 is 14.4 Å². The number of hydrogen-bond donors (Lipinski definition) is 0. The molecule has 0 radical (unpaired) electrons. The van der Waals surface area contributed by atoms with E-state index in [2.05, 4.69) is 0 Å². The van der Waals surface area contributed by atoms with Gasteiger partial charge in [0.2, 0.25) is 0 Å². The summed E-state index contributed by atoms with van der Waals surface area (Å²) in [5.41, 5.74) is 0.583. The van der Waals surface area contributed by atoms with Crippen molar-refractivity contribution in [1.29, 1.82) is 0 Å². The quantitative estimate of drug-likeness (QED) is 0.399. The first kappa shape index (κ1) is 20.1. The highest BCUT2D eigenvalue weighted by molar-refractivity contribution is 5.80. The molecule has 0 atom stereocenters. The SMILES string of the molecule is COc1cccc(OCC(=O)N2CCN(c3ccc(C=O)cc3[N+](=O)[O-])CC2)c1.